The maximum absolute atomic E-state index is 6.40. The minimum atomic E-state index is -0.101. The van der Waals surface area contributed by atoms with Crippen LogP contribution in [-0.2, 0) is 5.41 Å². The van der Waals surface area contributed by atoms with Crippen LogP contribution in [0.25, 0.3) is 66.7 Å². The highest BCUT2D eigenvalue weighted by molar-refractivity contribution is 6.05. The van der Waals surface area contributed by atoms with Gasteiger partial charge in [-0.1, -0.05) is 135 Å². The van der Waals surface area contributed by atoms with E-state index in [1.54, 1.807) is 0 Å². The molecule has 0 atom stereocenters. The molecule has 1 heterocycles. The quantitative estimate of drug-likeness (QED) is 0.175. The van der Waals surface area contributed by atoms with Crippen LogP contribution in [0.5, 0.6) is 0 Å². The van der Waals surface area contributed by atoms with E-state index in [-0.39, 0.29) is 5.41 Å². The molecule has 252 valence electrons. The van der Waals surface area contributed by atoms with E-state index in [9.17, 15) is 0 Å². The average Bonchev–Trinajstić information content (AvgIpc) is 3.76. The zero-order chi connectivity index (χ0) is 35.5. The number of oxazole rings is 1. The fourth-order valence-electron chi connectivity index (χ4n) is 8.13. The molecule has 0 N–H and O–H groups in total. The minimum Gasteiger partial charge on any atom is -0.435 e. The predicted molar refractivity (Wildman–Crippen MR) is 220 cm³/mol. The Balaban J connectivity index is 1.07. The van der Waals surface area contributed by atoms with E-state index in [1.807, 2.05) is 36.4 Å². The first-order valence-electron chi connectivity index (χ1n) is 18.2. The summed E-state index contributed by atoms with van der Waals surface area (Å²) in [6, 6.07) is 65.1. The van der Waals surface area contributed by atoms with Gasteiger partial charge in [-0.3, -0.25) is 0 Å². The number of hydrogen-bond donors (Lipinski definition) is 0. The summed E-state index contributed by atoms with van der Waals surface area (Å²) in [5.41, 5.74) is 15.9. The second-order valence-electron chi connectivity index (χ2n) is 14.4. The van der Waals surface area contributed by atoms with Gasteiger partial charge in [-0.05, 0) is 111 Å². The molecule has 0 radical (unpaired) electrons. The zero-order valence-electron chi connectivity index (χ0n) is 29.6. The highest BCUT2D eigenvalue weighted by Crippen LogP contribution is 2.50. The Kier molecular flexibility index (Phi) is 7.16. The first kappa shape index (κ1) is 31.1. The standard InChI is InChI=1S/C50H36N2O/c1-50(2)45-19-10-9-18-42(45)43-28-27-41(32-46(43)50)52(40-17-11-16-37(30-40)33-12-5-3-6-13-33)39-25-22-34(23-26-39)38-21-20-35-24-29-47-48(44(35)31-38)53-49(51-47)36-14-7-4-8-15-36/h3-32H,1-2H3. The van der Waals surface area contributed by atoms with Gasteiger partial charge >= 0.3 is 0 Å². The number of benzene rings is 8. The molecule has 1 aliphatic carbocycles. The van der Waals surface area contributed by atoms with Gasteiger partial charge in [0.2, 0.25) is 5.89 Å². The van der Waals surface area contributed by atoms with Crippen LogP contribution in [0, 0.1) is 0 Å². The Bertz CT molecular complexity index is 2800. The van der Waals surface area contributed by atoms with Crippen molar-refractivity contribution < 1.29 is 4.42 Å². The SMILES string of the molecule is CC1(C)c2ccccc2-c2ccc(N(c3ccc(-c4ccc5ccc6nc(-c7ccccc7)oc6c5c4)cc3)c3cccc(-c4ccccc4)c3)cc21. The molecule has 3 nitrogen and oxygen atoms in total. The minimum absolute atomic E-state index is 0.101. The second kappa shape index (κ2) is 12.2. The third-order valence-electron chi connectivity index (χ3n) is 10.9. The molecule has 9 aromatic rings. The van der Waals surface area contributed by atoms with Crippen LogP contribution in [0.15, 0.2) is 186 Å². The highest BCUT2D eigenvalue weighted by atomic mass is 16.3. The van der Waals surface area contributed by atoms with Gasteiger partial charge in [0.05, 0.1) is 0 Å². The van der Waals surface area contributed by atoms with Crippen LogP contribution in [0.1, 0.15) is 25.0 Å². The van der Waals surface area contributed by atoms with Crippen molar-refractivity contribution in [1.29, 1.82) is 0 Å². The van der Waals surface area contributed by atoms with Crippen LogP contribution >= 0.6 is 0 Å². The van der Waals surface area contributed by atoms with Crippen molar-refractivity contribution in [1.82, 2.24) is 4.98 Å². The third-order valence-corrected chi connectivity index (χ3v) is 10.9. The predicted octanol–water partition coefficient (Wildman–Crippen LogP) is 13.8. The topological polar surface area (TPSA) is 29.3 Å². The number of hydrogen-bond acceptors (Lipinski definition) is 3. The molecule has 1 aromatic heterocycles. The molecule has 0 fully saturated rings. The summed E-state index contributed by atoms with van der Waals surface area (Å²) in [7, 11) is 0. The summed E-state index contributed by atoms with van der Waals surface area (Å²) in [4.78, 5) is 7.21. The second-order valence-corrected chi connectivity index (χ2v) is 14.4. The van der Waals surface area contributed by atoms with Crippen LogP contribution in [0.3, 0.4) is 0 Å². The Morgan fingerprint density at radius 3 is 1.87 bits per heavy atom. The van der Waals surface area contributed by atoms with Gasteiger partial charge in [0.15, 0.2) is 5.58 Å². The first-order chi connectivity index (χ1) is 26.0. The molecular weight excluding hydrogens is 645 g/mol. The lowest BCUT2D eigenvalue weighted by atomic mass is 9.82. The summed E-state index contributed by atoms with van der Waals surface area (Å²) in [6.07, 6.45) is 0. The lowest BCUT2D eigenvalue weighted by Gasteiger charge is -2.28. The molecule has 10 rings (SSSR count). The Morgan fingerprint density at radius 1 is 0.453 bits per heavy atom. The highest BCUT2D eigenvalue weighted by Gasteiger charge is 2.35. The van der Waals surface area contributed by atoms with Gasteiger partial charge in [0.1, 0.15) is 5.52 Å². The summed E-state index contributed by atoms with van der Waals surface area (Å²) in [5, 5.41) is 2.18. The van der Waals surface area contributed by atoms with Crippen LogP contribution in [-0.4, -0.2) is 4.98 Å². The van der Waals surface area contributed by atoms with E-state index < -0.39 is 0 Å². The van der Waals surface area contributed by atoms with Crippen molar-refractivity contribution in [2.45, 2.75) is 19.3 Å². The molecule has 53 heavy (non-hydrogen) atoms. The number of anilines is 3. The van der Waals surface area contributed by atoms with Gasteiger partial charge in [-0.2, -0.15) is 0 Å². The van der Waals surface area contributed by atoms with Gasteiger partial charge in [-0.15, -0.1) is 0 Å². The van der Waals surface area contributed by atoms with Crippen molar-refractivity contribution in [3.8, 4) is 44.8 Å². The Labute approximate surface area is 309 Å². The van der Waals surface area contributed by atoms with Crippen LogP contribution < -0.4 is 4.90 Å². The molecule has 0 saturated carbocycles. The van der Waals surface area contributed by atoms with E-state index in [4.69, 9.17) is 9.40 Å². The van der Waals surface area contributed by atoms with Gasteiger partial charge in [0.25, 0.3) is 0 Å². The fourth-order valence-corrected chi connectivity index (χ4v) is 8.13. The van der Waals surface area contributed by atoms with Crippen molar-refractivity contribution in [2.75, 3.05) is 4.90 Å². The van der Waals surface area contributed by atoms with Gasteiger partial charge < -0.3 is 9.32 Å². The van der Waals surface area contributed by atoms with Gasteiger partial charge in [0, 0.05) is 33.4 Å². The molecule has 0 saturated heterocycles. The summed E-state index contributed by atoms with van der Waals surface area (Å²) in [5.74, 6) is 0.637. The first-order valence-corrected chi connectivity index (χ1v) is 18.2. The Hall–Kier alpha value is -6.71. The van der Waals surface area contributed by atoms with E-state index in [1.165, 1.54) is 33.4 Å². The maximum atomic E-state index is 6.40. The van der Waals surface area contributed by atoms with Crippen molar-refractivity contribution >= 4 is 38.9 Å². The van der Waals surface area contributed by atoms with Gasteiger partial charge in [-0.25, -0.2) is 4.98 Å². The van der Waals surface area contributed by atoms with Crippen LogP contribution in [0.4, 0.5) is 17.1 Å². The monoisotopic (exact) mass is 680 g/mol. The number of rotatable bonds is 6. The molecular formula is C50H36N2O. The molecule has 0 bridgehead atoms. The largest absolute Gasteiger partial charge is 0.435 e. The molecule has 0 amide bonds. The normalized spacial score (nSPS) is 12.9. The smallest absolute Gasteiger partial charge is 0.227 e. The molecule has 1 aliphatic rings. The number of aromatic nitrogens is 1. The summed E-state index contributed by atoms with van der Waals surface area (Å²) < 4.78 is 6.40. The Morgan fingerprint density at radius 2 is 1.06 bits per heavy atom. The summed E-state index contributed by atoms with van der Waals surface area (Å²) in [6.45, 7) is 4.68. The van der Waals surface area contributed by atoms with Crippen LogP contribution in [0.2, 0.25) is 0 Å². The van der Waals surface area contributed by atoms with E-state index in [0.717, 1.165) is 55.6 Å². The molecule has 0 aliphatic heterocycles. The fraction of sp³-hybridized carbons (Fsp3) is 0.0600. The zero-order valence-corrected chi connectivity index (χ0v) is 29.6. The average molecular weight is 681 g/mol. The maximum Gasteiger partial charge on any atom is 0.227 e. The van der Waals surface area contributed by atoms with Crippen molar-refractivity contribution in [2.24, 2.45) is 0 Å². The molecule has 0 unspecified atom stereocenters. The lowest BCUT2D eigenvalue weighted by Crippen LogP contribution is -2.16. The van der Waals surface area contributed by atoms with E-state index >= 15 is 0 Å². The van der Waals surface area contributed by atoms with E-state index in [2.05, 4.69) is 164 Å². The molecule has 0 spiro atoms. The van der Waals surface area contributed by atoms with E-state index in [0.29, 0.717) is 5.89 Å². The third kappa shape index (κ3) is 5.24. The summed E-state index contributed by atoms with van der Waals surface area (Å²) >= 11 is 0. The number of nitrogens with zero attached hydrogens (tertiary/aromatic N) is 2. The van der Waals surface area contributed by atoms with Crippen molar-refractivity contribution in [3.05, 3.63) is 193 Å². The lowest BCUT2D eigenvalue weighted by molar-refractivity contribution is 0.623. The van der Waals surface area contributed by atoms with Crippen molar-refractivity contribution in [3.63, 3.8) is 0 Å². The number of fused-ring (bicyclic) bond motifs is 6. The molecule has 3 heteroatoms. The molecule has 8 aromatic carbocycles.